The molecule has 0 saturated carbocycles. The van der Waals surface area contributed by atoms with Gasteiger partial charge in [0.15, 0.2) is 0 Å². The van der Waals surface area contributed by atoms with E-state index in [0.29, 0.717) is 23.8 Å². The summed E-state index contributed by atoms with van der Waals surface area (Å²) in [5, 5.41) is 0. The summed E-state index contributed by atoms with van der Waals surface area (Å²) in [6.07, 6.45) is 0. The van der Waals surface area contributed by atoms with E-state index in [-0.39, 0.29) is 5.97 Å². The first-order valence-electron chi connectivity index (χ1n) is 6.34. The van der Waals surface area contributed by atoms with Gasteiger partial charge in [0.2, 0.25) is 0 Å². The maximum Gasteiger partial charge on any atom is 0.338 e. The first-order chi connectivity index (χ1) is 8.67. The normalized spacial score (nSPS) is 11.5. The van der Waals surface area contributed by atoms with E-state index in [0.717, 1.165) is 4.47 Å². The highest BCUT2D eigenvalue weighted by atomic mass is 79.9. The molecule has 0 aliphatic carbocycles. The number of halogens is 1. The Balaban J connectivity index is 2.87. The van der Waals surface area contributed by atoms with Crippen LogP contribution in [0.3, 0.4) is 0 Å². The number of carbonyl (C=O) groups excluding carboxylic acids is 1. The fourth-order valence-corrected chi connectivity index (χ4v) is 1.84. The highest BCUT2D eigenvalue weighted by molar-refractivity contribution is 9.10. The molecule has 1 aromatic rings. The van der Waals surface area contributed by atoms with Crippen LogP contribution in [0.15, 0.2) is 22.7 Å². The number of hydrogen-bond acceptors (Lipinski definition) is 3. The molecule has 0 saturated heterocycles. The van der Waals surface area contributed by atoms with Crippen molar-refractivity contribution in [3.63, 3.8) is 0 Å². The van der Waals surface area contributed by atoms with Crippen molar-refractivity contribution < 1.29 is 14.3 Å². The lowest BCUT2D eigenvalue weighted by Gasteiger charge is -2.20. The summed E-state index contributed by atoms with van der Waals surface area (Å²) in [7, 11) is 0. The maximum atomic E-state index is 12.0. The molecular formula is C15H21BrO3. The molecule has 1 aromatic carbocycles. The fourth-order valence-electron chi connectivity index (χ4n) is 1.36. The predicted molar refractivity (Wildman–Crippen MR) is 79.6 cm³/mol. The van der Waals surface area contributed by atoms with Crippen molar-refractivity contribution in [3.8, 4) is 5.75 Å². The molecule has 0 fully saturated rings. The van der Waals surface area contributed by atoms with E-state index < -0.39 is 5.60 Å². The molecule has 19 heavy (non-hydrogen) atoms. The molecule has 0 unspecified atom stereocenters. The molecular weight excluding hydrogens is 308 g/mol. The van der Waals surface area contributed by atoms with Gasteiger partial charge < -0.3 is 9.47 Å². The number of ether oxygens (including phenoxy) is 2. The summed E-state index contributed by atoms with van der Waals surface area (Å²) in [5.41, 5.74) is -0.0127. The first kappa shape index (κ1) is 16.0. The minimum Gasteiger partial charge on any atom is -0.493 e. The third-order valence-corrected chi connectivity index (χ3v) is 2.55. The van der Waals surface area contributed by atoms with Crippen LogP contribution in [-0.2, 0) is 4.74 Å². The van der Waals surface area contributed by atoms with Crippen LogP contribution in [0.1, 0.15) is 45.0 Å². The van der Waals surface area contributed by atoms with E-state index in [1.165, 1.54) is 0 Å². The molecule has 0 atom stereocenters. The molecule has 0 aromatic heterocycles. The van der Waals surface area contributed by atoms with Gasteiger partial charge in [-0.1, -0.05) is 29.8 Å². The molecule has 0 aliphatic rings. The lowest BCUT2D eigenvalue weighted by Crippen LogP contribution is -2.23. The average molecular weight is 329 g/mol. The molecule has 4 heteroatoms. The van der Waals surface area contributed by atoms with Crippen molar-refractivity contribution in [2.24, 2.45) is 5.92 Å². The SMILES string of the molecule is CC(C)COc1cc(Br)cc(C(=O)OC(C)(C)C)c1. The van der Waals surface area contributed by atoms with Crippen LogP contribution in [0.5, 0.6) is 5.75 Å². The van der Waals surface area contributed by atoms with Crippen molar-refractivity contribution >= 4 is 21.9 Å². The lowest BCUT2D eigenvalue weighted by molar-refractivity contribution is 0.00690. The minimum atomic E-state index is -0.502. The summed E-state index contributed by atoms with van der Waals surface area (Å²) < 4.78 is 11.8. The van der Waals surface area contributed by atoms with Gasteiger partial charge >= 0.3 is 5.97 Å². The van der Waals surface area contributed by atoms with Crippen molar-refractivity contribution in [2.75, 3.05) is 6.61 Å². The lowest BCUT2D eigenvalue weighted by atomic mass is 10.1. The van der Waals surface area contributed by atoms with Gasteiger partial charge in [0.1, 0.15) is 11.4 Å². The Morgan fingerprint density at radius 1 is 1.26 bits per heavy atom. The molecule has 106 valence electrons. The van der Waals surface area contributed by atoms with E-state index >= 15 is 0 Å². The third-order valence-electron chi connectivity index (χ3n) is 2.09. The molecule has 0 heterocycles. The van der Waals surface area contributed by atoms with Crippen LogP contribution in [0, 0.1) is 5.92 Å². The first-order valence-corrected chi connectivity index (χ1v) is 7.13. The Labute approximate surface area is 123 Å². The molecule has 0 aliphatic heterocycles. The van der Waals surface area contributed by atoms with Crippen LogP contribution in [0.4, 0.5) is 0 Å². The molecule has 0 N–H and O–H groups in total. The highest BCUT2D eigenvalue weighted by Gasteiger charge is 2.18. The van der Waals surface area contributed by atoms with Crippen molar-refractivity contribution in [3.05, 3.63) is 28.2 Å². The van der Waals surface area contributed by atoms with E-state index in [4.69, 9.17) is 9.47 Å². The van der Waals surface area contributed by atoms with Gasteiger partial charge in [-0.25, -0.2) is 4.79 Å². The van der Waals surface area contributed by atoms with E-state index in [1.54, 1.807) is 12.1 Å². The standard InChI is InChI=1S/C15H21BrO3/c1-10(2)9-18-13-7-11(6-12(16)8-13)14(17)19-15(3,4)5/h6-8,10H,9H2,1-5H3. The minimum absolute atomic E-state index is 0.344. The quantitative estimate of drug-likeness (QED) is 0.766. The van der Waals surface area contributed by atoms with Gasteiger partial charge in [-0.3, -0.25) is 0 Å². The van der Waals surface area contributed by atoms with Crippen molar-refractivity contribution in [1.82, 2.24) is 0 Å². The van der Waals surface area contributed by atoms with Crippen LogP contribution in [0.2, 0.25) is 0 Å². The second-order valence-electron chi connectivity index (χ2n) is 5.88. The van der Waals surface area contributed by atoms with Crippen LogP contribution in [-0.4, -0.2) is 18.2 Å². The third kappa shape index (κ3) is 6.10. The fraction of sp³-hybridized carbons (Fsp3) is 0.533. The smallest absolute Gasteiger partial charge is 0.338 e. The zero-order valence-corrected chi connectivity index (χ0v) is 13.7. The van der Waals surface area contributed by atoms with Crippen LogP contribution < -0.4 is 4.74 Å². The summed E-state index contributed by atoms with van der Waals surface area (Å²) in [6, 6.07) is 5.29. The number of benzene rings is 1. The van der Waals surface area contributed by atoms with E-state index in [2.05, 4.69) is 29.8 Å². The van der Waals surface area contributed by atoms with Crippen molar-refractivity contribution in [1.29, 1.82) is 0 Å². The predicted octanol–water partition coefficient (Wildman–Crippen LogP) is 4.44. The topological polar surface area (TPSA) is 35.5 Å². The van der Waals surface area contributed by atoms with Crippen LogP contribution in [0.25, 0.3) is 0 Å². The molecule has 0 amide bonds. The van der Waals surface area contributed by atoms with Gasteiger partial charge in [-0.2, -0.15) is 0 Å². The zero-order valence-electron chi connectivity index (χ0n) is 12.1. The second-order valence-corrected chi connectivity index (χ2v) is 6.80. The van der Waals surface area contributed by atoms with E-state index in [1.807, 2.05) is 26.8 Å². The Bertz CT molecular complexity index is 447. The Morgan fingerprint density at radius 3 is 2.42 bits per heavy atom. The summed E-state index contributed by atoms with van der Waals surface area (Å²) >= 11 is 3.38. The van der Waals surface area contributed by atoms with Crippen molar-refractivity contribution in [2.45, 2.75) is 40.2 Å². The summed E-state index contributed by atoms with van der Waals surface area (Å²) in [5.74, 6) is 0.760. The molecule has 0 bridgehead atoms. The van der Waals surface area contributed by atoms with Gasteiger partial charge in [-0.05, 0) is 44.9 Å². The second kappa shape index (κ2) is 6.42. The number of rotatable bonds is 4. The Morgan fingerprint density at radius 2 is 1.89 bits per heavy atom. The van der Waals surface area contributed by atoms with Gasteiger partial charge in [0.25, 0.3) is 0 Å². The number of hydrogen-bond donors (Lipinski definition) is 0. The van der Waals surface area contributed by atoms with Gasteiger partial charge in [0, 0.05) is 4.47 Å². The largest absolute Gasteiger partial charge is 0.493 e. The van der Waals surface area contributed by atoms with Gasteiger partial charge in [-0.15, -0.1) is 0 Å². The Hall–Kier alpha value is -1.03. The monoisotopic (exact) mass is 328 g/mol. The Kier molecular flexibility index (Phi) is 5.41. The molecule has 3 nitrogen and oxygen atoms in total. The number of esters is 1. The van der Waals surface area contributed by atoms with Gasteiger partial charge in [0.05, 0.1) is 12.2 Å². The summed E-state index contributed by atoms with van der Waals surface area (Å²) in [6.45, 7) is 10.3. The molecule has 0 radical (unpaired) electrons. The highest BCUT2D eigenvalue weighted by Crippen LogP contribution is 2.23. The van der Waals surface area contributed by atoms with Crippen LogP contribution >= 0.6 is 15.9 Å². The molecule has 0 spiro atoms. The average Bonchev–Trinajstić information content (AvgIpc) is 2.23. The van der Waals surface area contributed by atoms with E-state index in [9.17, 15) is 4.79 Å². The summed E-state index contributed by atoms with van der Waals surface area (Å²) in [4.78, 5) is 12.0. The number of carbonyl (C=O) groups is 1. The zero-order chi connectivity index (χ0) is 14.6. The maximum absolute atomic E-state index is 12.0. The molecule has 1 rings (SSSR count).